The van der Waals surface area contributed by atoms with Gasteiger partial charge in [0.25, 0.3) is 5.56 Å². The lowest BCUT2D eigenvalue weighted by Gasteiger charge is -2.07. The number of nitrogens with two attached hydrogens (primary N) is 1. The van der Waals surface area contributed by atoms with Gasteiger partial charge < -0.3 is 5.73 Å². The number of sulfone groups is 1. The second-order valence-corrected chi connectivity index (χ2v) is 6.03. The lowest BCUT2D eigenvalue weighted by Crippen LogP contribution is -2.28. The minimum Gasteiger partial charge on any atom is -0.396 e. The maximum atomic E-state index is 12.3. The van der Waals surface area contributed by atoms with E-state index in [1.54, 1.807) is 30.3 Å². The number of aryl methyl sites for hydroxylation is 1. The van der Waals surface area contributed by atoms with E-state index in [-0.39, 0.29) is 11.4 Å². The third kappa shape index (κ3) is 2.65. The first-order chi connectivity index (χ1) is 8.92. The maximum Gasteiger partial charge on any atom is 0.287 e. The van der Waals surface area contributed by atoms with E-state index in [4.69, 9.17) is 5.73 Å². The summed E-state index contributed by atoms with van der Waals surface area (Å²) in [5.74, 6) is -0.267. The molecule has 0 saturated carbocycles. The van der Waals surface area contributed by atoms with Crippen LogP contribution in [0.25, 0.3) is 0 Å². The lowest BCUT2D eigenvalue weighted by molar-refractivity contribution is 0.589. The number of hydrogen-bond donors (Lipinski definition) is 1. The van der Waals surface area contributed by atoms with Gasteiger partial charge in [0.05, 0.1) is 17.6 Å². The minimum atomic E-state index is -3.80. The monoisotopic (exact) mass is 279 g/mol. The van der Waals surface area contributed by atoms with Crippen LogP contribution in [0.3, 0.4) is 0 Å². The van der Waals surface area contributed by atoms with Gasteiger partial charge in [0.1, 0.15) is 0 Å². The van der Waals surface area contributed by atoms with Crippen LogP contribution in [0, 0.1) is 0 Å². The number of benzene rings is 1. The summed E-state index contributed by atoms with van der Waals surface area (Å²) in [6.45, 7) is 0. The van der Waals surface area contributed by atoms with Gasteiger partial charge in [-0.25, -0.2) is 13.1 Å². The van der Waals surface area contributed by atoms with Gasteiger partial charge in [-0.3, -0.25) is 4.79 Å². The average molecular weight is 279 g/mol. The number of nitrogen functional groups attached to an aromatic ring is 1. The molecule has 0 atom stereocenters. The van der Waals surface area contributed by atoms with Crippen LogP contribution in [-0.2, 0) is 22.6 Å². The van der Waals surface area contributed by atoms with E-state index in [2.05, 4.69) is 5.10 Å². The lowest BCUT2D eigenvalue weighted by atomic mass is 10.2. The Morgan fingerprint density at radius 2 is 1.89 bits per heavy atom. The minimum absolute atomic E-state index is 0.126. The van der Waals surface area contributed by atoms with Gasteiger partial charge in [0, 0.05) is 7.05 Å². The van der Waals surface area contributed by atoms with E-state index in [0.717, 1.165) is 4.68 Å². The van der Waals surface area contributed by atoms with Crippen molar-refractivity contribution in [2.45, 2.75) is 10.6 Å². The molecule has 1 aromatic carbocycles. The molecule has 0 aliphatic heterocycles. The van der Waals surface area contributed by atoms with Crippen molar-refractivity contribution in [1.29, 1.82) is 0 Å². The zero-order valence-electron chi connectivity index (χ0n) is 10.3. The second-order valence-electron chi connectivity index (χ2n) is 4.10. The molecule has 7 heteroatoms. The van der Waals surface area contributed by atoms with Crippen LogP contribution in [0.1, 0.15) is 5.56 Å². The van der Waals surface area contributed by atoms with Crippen molar-refractivity contribution in [3.8, 4) is 0 Å². The topological polar surface area (TPSA) is 95.1 Å². The van der Waals surface area contributed by atoms with Gasteiger partial charge in [0.2, 0.25) is 0 Å². The van der Waals surface area contributed by atoms with Crippen molar-refractivity contribution in [2.75, 3.05) is 5.73 Å². The molecule has 6 nitrogen and oxygen atoms in total. The molecule has 0 aliphatic carbocycles. The van der Waals surface area contributed by atoms with Gasteiger partial charge in [-0.15, -0.1) is 0 Å². The summed E-state index contributed by atoms with van der Waals surface area (Å²) in [4.78, 5) is 11.5. The van der Waals surface area contributed by atoms with E-state index in [1.807, 2.05) is 0 Å². The Kier molecular flexibility index (Phi) is 3.39. The average Bonchev–Trinajstić information content (AvgIpc) is 2.35. The molecule has 0 amide bonds. The van der Waals surface area contributed by atoms with E-state index >= 15 is 0 Å². The molecule has 2 aromatic rings. The Labute approximate surface area is 110 Å². The van der Waals surface area contributed by atoms with Crippen LogP contribution in [0.15, 0.2) is 46.2 Å². The van der Waals surface area contributed by atoms with Crippen LogP contribution in [0.2, 0.25) is 0 Å². The highest BCUT2D eigenvalue weighted by molar-refractivity contribution is 7.90. The fourth-order valence-electron chi connectivity index (χ4n) is 1.71. The molecule has 0 fully saturated rings. The molecule has 2 rings (SSSR count). The largest absolute Gasteiger partial charge is 0.396 e. The maximum absolute atomic E-state index is 12.3. The molecule has 0 saturated heterocycles. The Morgan fingerprint density at radius 1 is 1.26 bits per heavy atom. The van der Waals surface area contributed by atoms with Crippen molar-refractivity contribution >= 4 is 15.5 Å². The van der Waals surface area contributed by atoms with Gasteiger partial charge in [0.15, 0.2) is 14.7 Å². The Bertz CT molecular complexity index is 752. The summed E-state index contributed by atoms with van der Waals surface area (Å²) in [5.41, 5.74) is 5.33. The molecule has 2 N–H and O–H groups in total. The first kappa shape index (κ1) is 13.3. The quantitative estimate of drug-likeness (QED) is 0.874. The Hall–Kier alpha value is -2.15. The number of hydrogen-bond acceptors (Lipinski definition) is 5. The summed E-state index contributed by atoms with van der Waals surface area (Å²) in [7, 11) is -2.42. The van der Waals surface area contributed by atoms with Gasteiger partial charge >= 0.3 is 0 Å². The van der Waals surface area contributed by atoms with Crippen molar-refractivity contribution in [3.05, 3.63) is 52.4 Å². The van der Waals surface area contributed by atoms with E-state index in [1.165, 1.54) is 13.2 Å². The molecule has 0 spiro atoms. The smallest absolute Gasteiger partial charge is 0.287 e. The summed E-state index contributed by atoms with van der Waals surface area (Å²) in [6, 6.07) is 8.62. The first-order valence-corrected chi connectivity index (χ1v) is 7.15. The molecule has 100 valence electrons. The Morgan fingerprint density at radius 3 is 2.53 bits per heavy atom. The second kappa shape index (κ2) is 4.85. The van der Waals surface area contributed by atoms with E-state index in [9.17, 15) is 13.2 Å². The third-order valence-electron chi connectivity index (χ3n) is 2.63. The predicted octanol–water partition coefficient (Wildman–Crippen LogP) is 0.336. The normalized spacial score (nSPS) is 11.4. The van der Waals surface area contributed by atoms with Crippen LogP contribution in [0.5, 0.6) is 0 Å². The van der Waals surface area contributed by atoms with Gasteiger partial charge in [-0.2, -0.15) is 5.10 Å². The molecular formula is C12H13N3O3S. The molecule has 1 aromatic heterocycles. The Balaban J connectivity index is 2.53. The summed E-state index contributed by atoms with van der Waals surface area (Å²) in [5, 5.41) is 3.67. The molecule has 0 bridgehead atoms. The molecule has 0 radical (unpaired) electrons. The van der Waals surface area contributed by atoms with Crippen LogP contribution < -0.4 is 11.3 Å². The van der Waals surface area contributed by atoms with Gasteiger partial charge in [-0.05, 0) is 5.56 Å². The highest BCUT2D eigenvalue weighted by atomic mass is 32.2. The molecule has 1 heterocycles. The standard InChI is InChI=1S/C12H13N3O3S/c1-15-12(16)11(10(13)7-14-15)19(17,18)8-9-5-3-2-4-6-9/h2-7H,8,13H2,1H3. The van der Waals surface area contributed by atoms with Crippen LogP contribution >= 0.6 is 0 Å². The van der Waals surface area contributed by atoms with Crippen LogP contribution in [0.4, 0.5) is 5.69 Å². The first-order valence-electron chi connectivity index (χ1n) is 5.50. The summed E-state index contributed by atoms with van der Waals surface area (Å²) >= 11 is 0. The van der Waals surface area contributed by atoms with Crippen molar-refractivity contribution in [1.82, 2.24) is 9.78 Å². The van der Waals surface area contributed by atoms with Crippen molar-refractivity contribution < 1.29 is 8.42 Å². The fraction of sp³-hybridized carbons (Fsp3) is 0.167. The molecular weight excluding hydrogens is 266 g/mol. The fourth-order valence-corrected chi connectivity index (χ4v) is 3.29. The van der Waals surface area contributed by atoms with Crippen molar-refractivity contribution in [3.63, 3.8) is 0 Å². The predicted molar refractivity (Wildman–Crippen MR) is 71.2 cm³/mol. The van der Waals surface area contributed by atoms with E-state index < -0.39 is 20.3 Å². The molecule has 19 heavy (non-hydrogen) atoms. The summed E-state index contributed by atoms with van der Waals surface area (Å²) < 4.78 is 25.5. The number of nitrogens with zero attached hydrogens (tertiary/aromatic N) is 2. The van der Waals surface area contributed by atoms with E-state index in [0.29, 0.717) is 5.56 Å². The zero-order chi connectivity index (χ0) is 14.0. The highest BCUT2D eigenvalue weighted by Crippen LogP contribution is 2.17. The highest BCUT2D eigenvalue weighted by Gasteiger charge is 2.23. The van der Waals surface area contributed by atoms with Crippen molar-refractivity contribution in [2.24, 2.45) is 7.05 Å². The zero-order valence-corrected chi connectivity index (χ0v) is 11.1. The van der Waals surface area contributed by atoms with Gasteiger partial charge in [-0.1, -0.05) is 30.3 Å². The third-order valence-corrected chi connectivity index (χ3v) is 4.38. The number of rotatable bonds is 3. The molecule has 0 unspecified atom stereocenters. The summed E-state index contributed by atoms with van der Waals surface area (Å²) in [6.07, 6.45) is 1.17. The SMILES string of the molecule is Cn1ncc(N)c(S(=O)(=O)Cc2ccccc2)c1=O. The molecule has 0 aliphatic rings. The van der Waals surface area contributed by atoms with Crippen LogP contribution in [-0.4, -0.2) is 18.2 Å². The number of anilines is 1. The number of aromatic nitrogens is 2.